The van der Waals surface area contributed by atoms with Gasteiger partial charge in [-0.2, -0.15) is 0 Å². The first-order valence-corrected chi connectivity index (χ1v) is 5.96. The van der Waals surface area contributed by atoms with Crippen LogP contribution in [0.25, 0.3) is 0 Å². The average molecular weight is 235 g/mol. The van der Waals surface area contributed by atoms with Crippen molar-refractivity contribution in [3.05, 3.63) is 29.3 Å². The highest BCUT2D eigenvalue weighted by atomic mass is 16.3. The highest BCUT2D eigenvalue weighted by Crippen LogP contribution is 2.22. The number of anilines is 1. The molecule has 0 heterocycles. The summed E-state index contributed by atoms with van der Waals surface area (Å²) >= 11 is 0. The topological polar surface area (TPSA) is 63.3 Å². The highest BCUT2D eigenvalue weighted by Gasteiger charge is 2.19. The Balaban J connectivity index is 2.86. The van der Waals surface area contributed by atoms with Crippen molar-refractivity contribution in [2.45, 2.75) is 27.2 Å². The molecule has 0 saturated heterocycles. The first-order valence-electron chi connectivity index (χ1n) is 5.96. The van der Waals surface area contributed by atoms with Crippen LogP contribution in [-0.2, 0) is 0 Å². The lowest BCUT2D eigenvalue weighted by Crippen LogP contribution is -2.18. The van der Waals surface area contributed by atoms with E-state index in [1.54, 1.807) is 6.07 Å². The highest BCUT2D eigenvalue weighted by molar-refractivity contribution is 6.01. The standard InChI is InChI=1S/C14H21NO2/c1-9(2)11(8-16)7-13(17)12-6-4-5-10(3)14(12)15/h4-6,9,11,16H,7-8,15H2,1-3H3. The molecule has 0 amide bonds. The minimum Gasteiger partial charge on any atom is -0.398 e. The lowest BCUT2D eigenvalue weighted by molar-refractivity contribution is 0.0908. The molecule has 1 unspecified atom stereocenters. The molecule has 0 aromatic heterocycles. The number of carbonyl (C=O) groups is 1. The Morgan fingerprint density at radius 2 is 2.06 bits per heavy atom. The molecule has 0 bridgehead atoms. The van der Waals surface area contributed by atoms with Crippen LogP contribution in [0.2, 0.25) is 0 Å². The van der Waals surface area contributed by atoms with E-state index in [0.717, 1.165) is 5.56 Å². The molecule has 0 aliphatic heterocycles. The number of ketones is 1. The van der Waals surface area contributed by atoms with Crippen molar-refractivity contribution < 1.29 is 9.90 Å². The molecular weight excluding hydrogens is 214 g/mol. The van der Waals surface area contributed by atoms with Crippen LogP contribution in [0.5, 0.6) is 0 Å². The van der Waals surface area contributed by atoms with Gasteiger partial charge in [0.1, 0.15) is 0 Å². The van der Waals surface area contributed by atoms with Crippen LogP contribution >= 0.6 is 0 Å². The Bertz CT molecular complexity index is 399. The number of hydrogen-bond donors (Lipinski definition) is 2. The van der Waals surface area contributed by atoms with Gasteiger partial charge in [0.25, 0.3) is 0 Å². The lowest BCUT2D eigenvalue weighted by Gasteiger charge is -2.17. The van der Waals surface area contributed by atoms with E-state index in [9.17, 15) is 9.90 Å². The van der Waals surface area contributed by atoms with E-state index in [-0.39, 0.29) is 24.2 Å². The summed E-state index contributed by atoms with van der Waals surface area (Å²) in [5.41, 5.74) is 7.94. The molecule has 1 rings (SSSR count). The Kier molecular flexibility index (Phi) is 4.70. The van der Waals surface area contributed by atoms with E-state index in [0.29, 0.717) is 17.7 Å². The lowest BCUT2D eigenvalue weighted by atomic mass is 9.89. The van der Waals surface area contributed by atoms with Crippen LogP contribution in [0.3, 0.4) is 0 Å². The number of aryl methyl sites for hydroxylation is 1. The van der Waals surface area contributed by atoms with E-state index < -0.39 is 0 Å². The zero-order valence-corrected chi connectivity index (χ0v) is 10.7. The summed E-state index contributed by atoms with van der Waals surface area (Å²) in [6.45, 7) is 5.94. The molecule has 0 aliphatic carbocycles. The summed E-state index contributed by atoms with van der Waals surface area (Å²) in [6.07, 6.45) is 0.349. The summed E-state index contributed by atoms with van der Waals surface area (Å²) in [6, 6.07) is 5.47. The van der Waals surface area contributed by atoms with Gasteiger partial charge in [-0.05, 0) is 30.4 Å². The van der Waals surface area contributed by atoms with Gasteiger partial charge in [-0.1, -0.05) is 26.0 Å². The maximum atomic E-state index is 12.1. The molecule has 0 spiro atoms. The SMILES string of the molecule is Cc1cccc(C(=O)CC(CO)C(C)C)c1N. The fourth-order valence-corrected chi connectivity index (χ4v) is 1.78. The molecule has 1 atom stereocenters. The van der Waals surface area contributed by atoms with Crippen molar-refractivity contribution in [2.75, 3.05) is 12.3 Å². The summed E-state index contributed by atoms with van der Waals surface area (Å²) in [5.74, 6) is 0.302. The number of carbonyl (C=O) groups excluding carboxylic acids is 1. The maximum Gasteiger partial charge on any atom is 0.165 e. The molecule has 0 saturated carbocycles. The summed E-state index contributed by atoms with van der Waals surface area (Å²) < 4.78 is 0. The fraction of sp³-hybridized carbons (Fsp3) is 0.500. The third-order valence-electron chi connectivity index (χ3n) is 3.25. The largest absolute Gasteiger partial charge is 0.398 e. The predicted molar refractivity (Wildman–Crippen MR) is 70.0 cm³/mol. The third kappa shape index (κ3) is 3.30. The fourth-order valence-electron chi connectivity index (χ4n) is 1.78. The van der Waals surface area contributed by atoms with E-state index in [1.807, 2.05) is 32.9 Å². The van der Waals surface area contributed by atoms with E-state index >= 15 is 0 Å². The monoisotopic (exact) mass is 235 g/mol. The number of Topliss-reactive ketones (excluding diaryl/α,β-unsaturated/α-hetero) is 1. The first-order chi connectivity index (χ1) is 7.97. The second kappa shape index (κ2) is 5.82. The molecule has 0 fully saturated rings. The quantitative estimate of drug-likeness (QED) is 0.608. The van der Waals surface area contributed by atoms with Gasteiger partial charge in [-0.25, -0.2) is 0 Å². The van der Waals surface area contributed by atoms with Crippen LogP contribution in [-0.4, -0.2) is 17.5 Å². The Morgan fingerprint density at radius 3 is 2.59 bits per heavy atom. The second-order valence-electron chi connectivity index (χ2n) is 4.85. The van der Waals surface area contributed by atoms with Crippen LogP contribution in [0.1, 0.15) is 36.2 Å². The second-order valence-corrected chi connectivity index (χ2v) is 4.85. The van der Waals surface area contributed by atoms with Gasteiger partial charge in [0.15, 0.2) is 5.78 Å². The van der Waals surface area contributed by atoms with E-state index in [4.69, 9.17) is 5.73 Å². The predicted octanol–water partition coefficient (Wildman–Crippen LogP) is 2.41. The molecule has 3 N–H and O–H groups in total. The van der Waals surface area contributed by atoms with Gasteiger partial charge in [0.05, 0.1) is 0 Å². The molecule has 94 valence electrons. The zero-order valence-electron chi connectivity index (χ0n) is 10.7. The number of hydrogen-bond acceptors (Lipinski definition) is 3. The Hall–Kier alpha value is -1.35. The van der Waals surface area contributed by atoms with E-state index in [1.165, 1.54) is 0 Å². The van der Waals surface area contributed by atoms with Gasteiger partial charge < -0.3 is 10.8 Å². The molecular formula is C14H21NO2. The van der Waals surface area contributed by atoms with Crippen molar-refractivity contribution >= 4 is 11.5 Å². The van der Waals surface area contributed by atoms with Crippen molar-refractivity contribution in [1.82, 2.24) is 0 Å². The summed E-state index contributed by atoms with van der Waals surface area (Å²) in [7, 11) is 0. The molecule has 1 aromatic carbocycles. The Morgan fingerprint density at radius 1 is 1.41 bits per heavy atom. The smallest absolute Gasteiger partial charge is 0.165 e. The average Bonchev–Trinajstić information content (AvgIpc) is 2.28. The number of aliphatic hydroxyl groups is 1. The molecule has 17 heavy (non-hydrogen) atoms. The number of aliphatic hydroxyl groups excluding tert-OH is 1. The van der Waals surface area contributed by atoms with Gasteiger partial charge in [-0.3, -0.25) is 4.79 Å². The number of rotatable bonds is 5. The minimum absolute atomic E-state index is 0.00223. The number of benzene rings is 1. The zero-order chi connectivity index (χ0) is 13.0. The molecule has 3 heteroatoms. The van der Waals surface area contributed by atoms with Gasteiger partial charge in [-0.15, -0.1) is 0 Å². The van der Waals surface area contributed by atoms with Crippen LogP contribution in [0, 0.1) is 18.8 Å². The summed E-state index contributed by atoms with van der Waals surface area (Å²) in [5, 5.41) is 9.23. The van der Waals surface area contributed by atoms with Gasteiger partial charge >= 0.3 is 0 Å². The Labute approximate surface area is 103 Å². The van der Waals surface area contributed by atoms with Crippen molar-refractivity contribution in [2.24, 2.45) is 11.8 Å². The summed E-state index contributed by atoms with van der Waals surface area (Å²) in [4.78, 5) is 12.1. The van der Waals surface area contributed by atoms with Crippen molar-refractivity contribution in [3.63, 3.8) is 0 Å². The third-order valence-corrected chi connectivity index (χ3v) is 3.25. The van der Waals surface area contributed by atoms with Gasteiger partial charge in [0.2, 0.25) is 0 Å². The van der Waals surface area contributed by atoms with Crippen molar-refractivity contribution in [1.29, 1.82) is 0 Å². The normalized spacial score (nSPS) is 12.8. The molecule has 0 radical (unpaired) electrons. The number of para-hydroxylation sites is 1. The maximum absolute atomic E-state index is 12.1. The number of nitrogen functional groups attached to an aromatic ring is 1. The van der Waals surface area contributed by atoms with Crippen LogP contribution < -0.4 is 5.73 Å². The number of nitrogens with two attached hydrogens (primary N) is 1. The molecule has 1 aromatic rings. The van der Waals surface area contributed by atoms with Crippen molar-refractivity contribution in [3.8, 4) is 0 Å². The van der Waals surface area contributed by atoms with E-state index in [2.05, 4.69) is 0 Å². The van der Waals surface area contributed by atoms with Gasteiger partial charge in [0, 0.05) is 24.3 Å². The molecule has 0 aliphatic rings. The minimum atomic E-state index is 0.00223. The molecule has 3 nitrogen and oxygen atoms in total. The van der Waals surface area contributed by atoms with Crippen LogP contribution in [0.4, 0.5) is 5.69 Å². The first kappa shape index (κ1) is 13.7. The van der Waals surface area contributed by atoms with Crippen LogP contribution in [0.15, 0.2) is 18.2 Å².